The monoisotopic (exact) mass is 385 g/mol. The highest BCUT2D eigenvalue weighted by atomic mass is 32.1. The van der Waals surface area contributed by atoms with Gasteiger partial charge in [-0.3, -0.25) is 4.79 Å². The SMILES string of the molecule is COc1cccc(-c2csc(NCCNCC(=O)N3CCCC3C#N)n2)c1. The van der Waals surface area contributed by atoms with E-state index in [0.29, 0.717) is 19.6 Å². The highest BCUT2D eigenvalue weighted by molar-refractivity contribution is 7.14. The van der Waals surface area contributed by atoms with Crippen molar-refractivity contribution in [3.8, 4) is 23.1 Å². The van der Waals surface area contributed by atoms with Crippen molar-refractivity contribution in [1.82, 2.24) is 15.2 Å². The third kappa shape index (κ3) is 4.96. The van der Waals surface area contributed by atoms with Gasteiger partial charge in [-0.15, -0.1) is 11.3 Å². The summed E-state index contributed by atoms with van der Waals surface area (Å²) in [4.78, 5) is 18.4. The Labute approximate surface area is 163 Å². The number of benzene rings is 1. The summed E-state index contributed by atoms with van der Waals surface area (Å²) in [6.45, 7) is 2.25. The summed E-state index contributed by atoms with van der Waals surface area (Å²) >= 11 is 1.54. The van der Waals surface area contributed by atoms with E-state index < -0.39 is 0 Å². The van der Waals surface area contributed by atoms with Crippen LogP contribution >= 0.6 is 11.3 Å². The van der Waals surface area contributed by atoms with Gasteiger partial charge in [0.25, 0.3) is 0 Å². The zero-order valence-corrected chi connectivity index (χ0v) is 16.1. The van der Waals surface area contributed by atoms with E-state index >= 15 is 0 Å². The lowest BCUT2D eigenvalue weighted by molar-refractivity contribution is -0.130. The molecule has 2 aromatic rings. The van der Waals surface area contributed by atoms with Gasteiger partial charge in [0.1, 0.15) is 11.8 Å². The molecule has 8 heteroatoms. The second kappa shape index (κ2) is 9.35. The normalized spacial score (nSPS) is 16.1. The van der Waals surface area contributed by atoms with Gasteiger partial charge < -0.3 is 20.3 Å². The largest absolute Gasteiger partial charge is 0.497 e. The van der Waals surface area contributed by atoms with Gasteiger partial charge in [0.2, 0.25) is 5.91 Å². The van der Waals surface area contributed by atoms with E-state index in [1.807, 2.05) is 29.6 Å². The smallest absolute Gasteiger partial charge is 0.237 e. The van der Waals surface area contributed by atoms with Crippen LogP contribution in [0.15, 0.2) is 29.6 Å². The van der Waals surface area contributed by atoms with Crippen molar-refractivity contribution in [2.24, 2.45) is 0 Å². The second-order valence-corrected chi connectivity index (χ2v) is 7.11. The first-order chi connectivity index (χ1) is 13.2. The van der Waals surface area contributed by atoms with Gasteiger partial charge in [0, 0.05) is 30.6 Å². The van der Waals surface area contributed by atoms with Crippen molar-refractivity contribution in [2.75, 3.05) is 38.6 Å². The number of carbonyl (C=O) groups is 1. The van der Waals surface area contributed by atoms with Crippen LogP contribution in [-0.4, -0.2) is 55.1 Å². The number of ether oxygens (including phenoxy) is 1. The summed E-state index contributed by atoms with van der Waals surface area (Å²) in [7, 11) is 1.65. The number of nitrogens with zero attached hydrogens (tertiary/aromatic N) is 3. The maximum atomic E-state index is 12.1. The lowest BCUT2D eigenvalue weighted by atomic mass is 10.2. The standard InChI is InChI=1S/C19H23N5O2S/c1-26-16-6-2-4-14(10-16)17-13-27-19(23-17)22-8-7-21-12-18(25)24-9-3-5-15(24)11-20/h2,4,6,10,13,15,21H,3,5,7-9,12H2,1H3,(H,22,23). The average Bonchev–Trinajstić information content (AvgIpc) is 3.37. The molecule has 1 atom stereocenters. The van der Waals surface area contributed by atoms with E-state index in [-0.39, 0.29) is 18.5 Å². The molecule has 0 spiro atoms. The molecule has 1 unspecified atom stereocenters. The third-order valence-corrected chi connectivity index (χ3v) is 5.25. The molecule has 0 saturated carbocycles. The maximum absolute atomic E-state index is 12.1. The molecule has 0 aliphatic carbocycles. The zero-order chi connectivity index (χ0) is 19.1. The molecule has 3 rings (SSSR count). The summed E-state index contributed by atoms with van der Waals surface area (Å²) in [5.41, 5.74) is 1.92. The molecule has 0 radical (unpaired) electrons. The van der Waals surface area contributed by atoms with E-state index in [0.717, 1.165) is 35.0 Å². The van der Waals surface area contributed by atoms with Crippen molar-refractivity contribution >= 4 is 22.4 Å². The molecule has 142 valence electrons. The first kappa shape index (κ1) is 19.1. The Bertz CT molecular complexity index is 816. The van der Waals surface area contributed by atoms with Crippen LogP contribution in [0.3, 0.4) is 0 Å². The number of nitriles is 1. The second-order valence-electron chi connectivity index (χ2n) is 6.25. The summed E-state index contributed by atoms with van der Waals surface area (Å²) in [5, 5.41) is 18.3. The number of likely N-dealkylation sites (tertiary alicyclic amines) is 1. The molecular formula is C19H23N5O2S. The van der Waals surface area contributed by atoms with Crippen LogP contribution in [0.4, 0.5) is 5.13 Å². The minimum atomic E-state index is -0.261. The molecule has 1 aliphatic heterocycles. The van der Waals surface area contributed by atoms with Crippen LogP contribution in [0.25, 0.3) is 11.3 Å². The van der Waals surface area contributed by atoms with E-state index in [1.54, 1.807) is 23.3 Å². The molecule has 0 bridgehead atoms. The van der Waals surface area contributed by atoms with Crippen LogP contribution < -0.4 is 15.4 Å². The summed E-state index contributed by atoms with van der Waals surface area (Å²) in [6, 6.07) is 9.74. The first-order valence-electron chi connectivity index (χ1n) is 8.95. The van der Waals surface area contributed by atoms with Gasteiger partial charge in [-0.2, -0.15) is 5.26 Å². The maximum Gasteiger partial charge on any atom is 0.237 e. The molecule has 1 aromatic heterocycles. The number of aromatic nitrogens is 1. The molecule has 1 amide bonds. The quantitative estimate of drug-likeness (QED) is 0.678. The minimum absolute atomic E-state index is 0.00592. The number of methoxy groups -OCH3 is 1. The summed E-state index contributed by atoms with van der Waals surface area (Å²) in [5.74, 6) is 0.800. The van der Waals surface area contributed by atoms with Gasteiger partial charge in [-0.05, 0) is 25.0 Å². The van der Waals surface area contributed by atoms with Crippen molar-refractivity contribution in [3.05, 3.63) is 29.6 Å². The van der Waals surface area contributed by atoms with E-state index in [2.05, 4.69) is 21.7 Å². The van der Waals surface area contributed by atoms with Gasteiger partial charge in [-0.1, -0.05) is 12.1 Å². The number of hydrogen-bond acceptors (Lipinski definition) is 7. The predicted octanol–water partition coefficient (Wildman–Crippen LogP) is 2.33. The lowest BCUT2D eigenvalue weighted by Crippen LogP contribution is -2.41. The molecule has 1 aliphatic rings. The van der Waals surface area contributed by atoms with Gasteiger partial charge in [-0.25, -0.2) is 4.98 Å². The Morgan fingerprint density at radius 1 is 1.48 bits per heavy atom. The number of anilines is 1. The number of amides is 1. The van der Waals surface area contributed by atoms with Crippen molar-refractivity contribution in [3.63, 3.8) is 0 Å². The number of hydrogen-bond donors (Lipinski definition) is 2. The fourth-order valence-electron chi connectivity index (χ4n) is 3.02. The Morgan fingerprint density at radius 2 is 2.37 bits per heavy atom. The average molecular weight is 385 g/mol. The van der Waals surface area contributed by atoms with Crippen LogP contribution in [-0.2, 0) is 4.79 Å². The topological polar surface area (TPSA) is 90.3 Å². The fraction of sp³-hybridized carbons (Fsp3) is 0.421. The zero-order valence-electron chi connectivity index (χ0n) is 15.3. The minimum Gasteiger partial charge on any atom is -0.497 e. The molecule has 1 aromatic carbocycles. The highest BCUT2D eigenvalue weighted by Gasteiger charge is 2.27. The van der Waals surface area contributed by atoms with Crippen LogP contribution in [0.5, 0.6) is 5.75 Å². The van der Waals surface area contributed by atoms with Crippen LogP contribution in [0.1, 0.15) is 12.8 Å². The Morgan fingerprint density at radius 3 is 3.19 bits per heavy atom. The third-order valence-electron chi connectivity index (χ3n) is 4.45. The molecular weight excluding hydrogens is 362 g/mol. The summed E-state index contributed by atoms with van der Waals surface area (Å²) in [6.07, 6.45) is 1.69. The van der Waals surface area contributed by atoms with Crippen LogP contribution in [0, 0.1) is 11.3 Å². The molecule has 27 heavy (non-hydrogen) atoms. The first-order valence-corrected chi connectivity index (χ1v) is 9.83. The Hall–Kier alpha value is -2.63. The molecule has 1 fully saturated rings. The van der Waals surface area contributed by atoms with Gasteiger partial charge >= 0.3 is 0 Å². The lowest BCUT2D eigenvalue weighted by Gasteiger charge is -2.19. The van der Waals surface area contributed by atoms with E-state index in [9.17, 15) is 4.79 Å². The molecule has 2 N–H and O–H groups in total. The molecule has 7 nitrogen and oxygen atoms in total. The van der Waals surface area contributed by atoms with Crippen LogP contribution in [0.2, 0.25) is 0 Å². The van der Waals surface area contributed by atoms with Crippen molar-refractivity contribution < 1.29 is 9.53 Å². The van der Waals surface area contributed by atoms with Crippen molar-refractivity contribution in [1.29, 1.82) is 5.26 Å². The van der Waals surface area contributed by atoms with Gasteiger partial charge in [0.15, 0.2) is 5.13 Å². The Balaban J connectivity index is 1.40. The fourth-order valence-corrected chi connectivity index (χ4v) is 3.77. The molecule has 2 heterocycles. The Kier molecular flexibility index (Phi) is 6.63. The number of nitrogens with one attached hydrogen (secondary N) is 2. The highest BCUT2D eigenvalue weighted by Crippen LogP contribution is 2.27. The van der Waals surface area contributed by atoms with Gasteiger partial charge in [0.05, 0.1) is 25.4 Å². The number of carbonyl (C=O) groups excluding carboxylic acids is 1. The van der Waals surface area contributed by atoms with E-state index in [4.69, 9.17) is 10.00 Å². The molecule has 1 saturated heterocycles. The van der Waals surface area contributed by atoms with Crippen molar-refractivity contribution in [2.45, 2.75) is 18.9 Å². The number of rotatable bonds is 8. The van der Waals surface area contributed by atoms with E-state index in [1.165, 1.54) is 0 Å². The summed E-state index contributed by atoms with van der Waals surface area (Å²) < 4.78 is 5.25. The predicted molar refractivity (Wildman–Crippen MR) is 106 cm³/mol. The number of thiazole rings is 1.